The molecule has 0 bridgehead atoms. The van der Waals surface area contributed by atoms with Crippen molar-refractivity contribution in [1.29, 1.82) is 0 Å². The van der Waals surface area contributed by atoms with Crippen LogP contribution in [-0.2, 0) is 11.2 Å². The second-order valence-corrected chi connectivity index (χ2v) is 4.33. The van der Waals surface area contributed by atoms with Gasteiger partial charge in [0, 0.05) is 6.04 Å². The van der Waals surface area contributed by atoms with Gasteiger partial charge in [-0.15, -0.1) is 6.42 Å². The molecule has 1 aliphatic carbocycles. The number of rotatable bonds is 4. The van der Waals surface area contributed by atoms with Crippen LogP contribution in [0.2, 0.25) is 0 Å². The predicted molar refractivity (Wildman–Crippen MR) is 67.1 cm³/mol. The molecule has 0 spiro atoms. The number of fused-ring (bicyclic) bond motifs is 1. The number of carbonyl (C=O) groups excluding carboxylic acids is 1. The fourth-order valence-corrected chi connectivity index (χ4v) is 2.51. The molecule has 1 amide bonds. The minimum Gasteiger partial charge on any atom is -0.369 e. The van der Waals surface area contributed by atoms with E-state index in [9.17, 15) is 4.79 Å². The van der Waals surface area contributed by atoms with E-state index in [4.69, 9.17) is 12.2 Å². The first-order valence-electron chi connectivity index (χ1n) is 5.76. The van der Waals surface area contributed by atoms with Crippen LogP contribution in [0.5, 0.6) is 0 Å². The van der Waals surface area contributed by atoms with Gasteiger partial charge in [-0.3, -0.25) is 9.69 Å². The van der Waals surface area contributed by atoms with Crippen LogP contribution in [0.25, 0.3) is 0 Å². The van der Waals surface area contributed by atoms with Gasteiger partial charge >= 0.3 is 0 Å². The third-order valence-corrected chi connectivity index (χ3v) is 3.20. The average Bonchev–Trinajstić information content (AvgIpc) is 2.71. The number of terminal acetylenes is 1. The molecule has 1 aromatic rings. The summed E-state index contributed by atoms with van der Waals surface area (Å²) in [6, 6.07) is 8.54. The largest absolute Gasteiger partial charge is 0.369 e. The topological polar surface area (TPSA) is 46.3 Å². The molecule has 0 heterocycles. The van der Waals surface area contributed by atoms with Crippen LogP contribution in [0.4, 0.5) is 0 Å². The molecule has 0 aliphatic heterocycles. The normalized spacial score (nSPS) is 17.8. The van der Waals surface area contributed by atoms with Gasteiger partial charge in [-0.05, 0) is 24.0 Å². The van der Waals surface area contributed by atoms with E-state index < -0.39 is 0 Å². The van der Waals surface area contributed by atoms with Crippen LogP contribution in [0, 0.1) is 12.3 Å². The molecule has 2 N–H and O–H groups in total. The zero-order valence-electron chi connectivity index (χ0n) is 9.73. The van der Waals surface area contributed by atoms with E-state index in [2.05, 4.69) is 18.1 Å². The molecule has 17 heavy (non-hydrogen) atoms. The van der Waals surface area contributed by atoms with Crippen LogP contribution in [0.3, 0.4) is 0 Å². The summed E-state index contributed by atoms with van der Waals surface area (Å²) in [6.07, 6.45) is 7.40. The fraction of sp³-hybridized carbons (Fsp3) is 0.357. The number of nitrogens with zero attached hydrogens (tertiary/aromatic N) is 1. The summed E-state index contributed by atoms with van der Waals surface area (Å²) in [5.41, 5.74) is 7.89. The number of primary amides is 1. The molecule has 0 fully saturated rings. The lowest BCUT2D eigenvalue weighted by Gasteiger charge is -2.26. The lowest BCUT2D eigenvalue weighted by atomic mass is 10.1. The Bertz CT molecular complexity index is 462. The molecule has 1 aliphatic rings. The van der Waals surface area contributed by atoms with Gasteiger partial charge in [0.05, 0.1) is 13.1 Å². The number of nitrogens with two attached hydrogens (primary N) is 1. The summed E-state index contributed by atoms with van der Waals surface area (Å²) in [4.78, 5) is 13.0. The smallest absolute Gasteiger partial charge is 0.231 e. The molecule has 3 heteroatoms. The molecular formula is C14H16N2O. The van der Waals surface area contributed by atoms with Crippen molar-refractivity contribution >= 4 is 5.91 Å². The third kappa shape index (κ3) is 2.48. The van der Waals surface area contributed by atoms with E-state index in [0.29, 0.717) is 6.54 Å². The number of hydrogen-bond donors (Lipinski definition) is 1. The summed E-state index contributed by atoms with van der Waals surface area (Å²) in [7, 11) is 0. The average molecular weight is 228 g/mol. The van der Waals surface area contributed by atoms with Crippen molar-refractivity contribution in [1.82, 2.24) is 4.90 Å². The molecule has 0 aromatic heterocycles. The van der Waals surface area contributed by atoms with E-state index in [1.807, 2.05) is 17.0 Å². The highest BCUT2D eigenvalue weighted by Crippen LogP contribution is 2.35. The Kier molecular flexibility index (Phi) is 3.46. The van der Waals surface area contributed by atoms with Gasteiger partial charge in [0.25, 0.3) is 0 Å². The fourth-order valence-electron chi connectivity index (χ4n) is 2.51. The molecule has 3 nitrogen and oxygen atoms in total. The molecule has 2 rings (SSSR count). The molecule has 88 valence electrons. The highest BCUT2D eigenvalue weighted by Gasteiger charge is 2.27. The van der Waals surface area contributed by atoms with Crippen LogP contribution in [-0.4, -0.2) is 23.9 Å². The predicted octanol–water partition coefficient (Wildman–Crippen LogP) is 1.09. The van der Waals surface area contributed by atoms with Gasteiger partial charge in [-0.25, -0.2) is 0 Å². The number of carbonyl (C=O) groups is 1. The van der Waals surface area contributed by atoms with Crippen LogP contribution in [0.1, 0.15) is 23.6 Å². The Hall–Kier alpha value is -1.79. The Morgan fingerprint density at radius 1 is 1.53 bits per heavy atom. The van der Waals surface area contributed by atoms with Gasteiger partial charge < -0.3 is 5.73 Å². The number of hydrogen-bond acceptors (Lipinski definition) is 2. The van der Waals surface area contributed by atoms with E-state index in [1.54, 1.807) is 0 Å². The van der Waals surface area contributed by atoms with Crippen molar-refractivity contribution in [3.63, 3.8) is 0 Å². The van der Waals surface area contributed by atoms with Crippen molar-refractivity contribution in [2.24, 2.45) is 5.73 Å². The quantitative estimate of drug-likeness (QED) is 0.784. The van der Waals surface area contributed by atoms with Gasteiger partial charge in [-0.2, -0.15) is 0 Å². The van der Waals surface area contributed by atoms with Crippen LogP contribution >= 0.6 is 0 Å². The summed E-state index contributed by atoms with van der Waals surface area (Å²) in [5, 5.41) is 0. The summed E-state index contributed by atoms with van der Waals surface area (Å²) in [6.45, 7) is 0.686. The zero-order chi connectivity index (χ0) is 12.3. The molecular weight excluding hydrogens is 212 g/mol. The van der Waals surface area contributed by atoms with Gasteiger partial charge in [0.2, 0.25) is 5.91 Å². The maximum absolute atomic E-state index is 11.1. The van der Waals surface area contributed by atoms with E-state index in [0.717, 1.165) is 12.8 Å². The molecule has 0 saturated heterocycles. The van der Waals surface area contributed by atoms with Crippen molar-refractivity contribution in [3.8, 4) is 12.3 Å². The minimum atomic E-state index is -0.329. The third-order valence-electron chi connectivity index (χ3n) is 3.20. The summed E-state index contributed by atoms with van der Waals surface area (Å²) >= 11 is 0. The molecule has 1 aromatic carbocycles. The lowest BCUT2D eigenvalue weighted by Crippen LogP contribution is -2.36. The Balaban J connectivity index is 2.21. The Morgan fingerprint density at radius 3 is 3.00 bits per heavy atom. The zero-order valence-corrected chi connectivity index (χ0v) is 9.73. The van der Waals surface area contributed by atoms with Crippen molar-refractivity contribution < 1.29 is 4.79 Å². The number of aryl methyl sites for hydroxylation is 1. The Morgan fingerprint density at radius 2 is 2.29 bits per heavy atom. The van der Waals surface area contributed by atoms with Crippen molar-refractivity contribution in [2.75, 3.05) is 13.1 Å². The highest BCUT2D eigenvalue weighted by molar-refractivity contribution is 5.76. The van der Waals surface area contributed by atoms with Crippen LogP contribution in [0.15, 0.2) is 24.3 Å². The lowest BCUT2D eigenvalue weighted by molar-refractivity contribution is -0.119. The summed E-state index contributed by atoms with van der Waals surface area (Å²) in [5.74, 6) is 2.27. The SMILES string of the molecule is C#CCN(CC(N)=O)[C@@H]1CCc2ccccc21. The second-order valence-electron chi connectivity index (χ2n) is 4.33. The summed E-state index contributed by atoms with van der Waals surface area (Å²) < 4.78 is 0. The first-order chi connectivity index (χ1) is 8.22. The van der Waals surface area contributed by atoms with Gasteiger partial charge in [-0.1, -0.05) is 30.2 Å². The number of amides is 1. The molecule has 1 atom stereocenters. The molecule has 0 unspecified atom stereocenters. The van der Waals surface area contributed by atoms with Crippen molar-refractivity contribution in [2.45, 2.75) is 18.9 Å². The first-order valence-corrected chi connectivity index (χ1v) is 5.76. The van der Waals surface area contributed by atoms with Gasteiger partial charge in [0.15, 0.2) is 0 Å². The molecule has 0 saturated carbocycles. The van der Waals surface area contributed by atoms with Crippen LogP contribution < -0.4 is 5.73 Å². The molecule has 0 radical (unpaired) electrons. The number of benzene rings is 1. The second kappa shape index (κ2) is 5.03. The standard InChI is InChI=1S/C14H16N2O/c1-2-9-16(10-14(15)17)13-8-7-11-5-3-4-6-12(11)13/h1,3-6,13H,7-10H2,(H2,15,17)/t13-/m1/s1. The van der Waals surface area contributed by atoms with E-state index in [1.165, 1.54) is 11.1 Å². The first kappa shape index (κ1) is 11.7. The minimum absolute atomic E-state index is 0.225. The van der Waals surface area contributed by atoms with Crippen molar-refractivity contribution in [3.05, 3.63) is 35.4 Å². The maximum Gasteiger partial charge on any atom is 0.231 e. The van der Waals surface area contributed by atoms with Gasteiger partial charge in [0.1, 0.15) is 0 Å². The monoisotopic (exact) mass is 228 g/mol. The maximum atomic E-state index is 11.1. The van der Waals surface area contributed by atoms with E-state index in [-0.39, 0.29) is 18.5 Å². The van der Waals surface area contributed by atoms with E-state index >= 15 is 0 Å². The Labute approximate surface area is 102 Å². The highest BCUT2D eigenvalue weighted by atomic mass is 16.1.